The molecule has 1 aliphatic heterocycles. The first kappa shape index (κ1) is 22.9. The van der Waals surface area contributed by atoms with Crippen molar-refractivity contribution in [3.63, 3.8) is 0 Å². The van der Waals surface area contributed by atoms with Crippen LogP contribution < -0.4 is 5.32 Å². The molecular weight excluding hydrogens is 434 g/mol. The van der Waals surface area contributed by atoms with Crippen molar-refractivity contribution in [3.05, 3.63) is 63.9 Å². The lowest BCUT2D eigenvalue weighted by atomic mass is 10.0. The zero-order valence-electron chi connectivity index (χ0n) is 19.2. The number of hydrogen-bond acceptors (Lipinski definition) is 4. The summed E-state index contributed by atoms with van der Waals surface area (Å²) in [5.41, 5.74) is 4.19. The number of carbonyl (C=O) groups is 2. The van der Waals surface area contributed by atoms with E-state index in [1.54, 1.807) is 16.7 Å². The average molecular weight is 464 g/mol. The van der Waals surface area contributed by atoms with Gasteiger partial charge in [0.1, 0.15) is 6.54 Å². The molecule has 33 heavy (non-hydrogen) atoms. The Kier molecular flexibility index (Phi) is 6.74. The van der Waals surface area contributed by atoms with Gasteiger partial charge in [-0.05, 0) is 76.0 Å². The van der Waals surface area contributed by atoms with Crippen molar-refractivity contribution in [2.45, 2.75) is 52.6 Å². The summed E-state index contributed by atoms with van der Waals surface area (Å²) < 4.78 is 2.06. The number of nitrogens with one attached hydrogen (secondary N) is 2. The van der Waals surface area contributed by atoms with Gasteiger partial charge >= 0.3 is 0 Å². The Labute approximate surface area is 198 Å². The van der Waals surface area contributed by atoms with Gasteiger partial charge in [-0.15, -0.1) is 0 Å². The molecule has 1 aliphatic rings. The summed E-state index contributed by atoms with van der Waals surface area (Å²) in [5, 5.41) is 10.0. The Morgan fingerprint density at radius 1 is 1.15 bits per heavy atom. The first-order chi connectivity index (χ1) is 15.8. The highest BCUT2D eigenvalue weighted by atomic mass is 32.1. The average Bonchev–Trinajstić information content (AvgIpc) is 3.15. The second-order valence-corrected chi connectivity index (χ2v) is 9.11. The molecule has 8 heteroatoms. The smallest absolute Gasteiger partial charge is 0.254 e. The predicted octanol–water partition coefficient (Wildman–Crippen LogP) is 4.88. The highest BCUT2D eigenvalue weighted by molar-refractivity contribution is 7.71. The molecule has 3 aromatic rings. The quantitative estimate of drug-likeness (QED) is 0.529. The fourth-order valence-electron chi connectivity index (χ4n) is 4.22. The van der Waals surface area contributed by atoms with E-state index >= 15 is 0 Å². The minimum Gasteiger partial charge on any atom is -0.336 e. The number of piperidine rings is 1. The number of benzene rings is 2. The van der Waals surface area contributed by atoms with E-state index < -0.39 is 0 Å². The van der Waals surface area contributed by atoms with Crippen LogP contribution in [0.4, 0.5) is 5.69 Å². The maximum absolute atomic E-state index is 13.0. The van der Waals surface area contributed by atoms with Crippen LogP contribution in [0, 0.1) is 18.6 Å². The van der Waals surface area contributed by atoms with E-state index in [1.807, 2.05) is 49.1 Å². The SMILES string of the molecule is Cc1ccc(-c2n[nH]c(=S)n2CC(=O)Nc2ccc(C(=O)N3CCCCC3C)cc2C)cc1. The summed E-state index contributed by atoms with van der Waals surface area (Å²) in [7, 11) is 0. The van der Waals surface area contributed by atoms with Gasteiger partial charge in [0.05, 0.1) is 0 Å². The van der Waals surface area contributed by atoms with Gasteiger partial charge in [0.25, 0.3) is 5.91 Å². The van der Waals surface area contributed by atoms with Gasteiger partial charge in [-0.2, -0.15) is 5.10 Å². The van der Waals surface area contributed by atoms with Crippen molar-refractivity contribution in [2.75, 3.05) is 11.9 Å². The highest BCUT2D eigenvalue weighted by Gasteiger charge is 2.24. The van der Waals surface area contributed by atoms with E-state index in [4.69, 9.17) is 12.2 Å². The second kappa shape index (κ2) is 9.70. The van der Waals surface area contributed by atoms with Gasteiger partial charge in [-0.3, -0.25) is 19.3 Å². The Bertz CT molecular complexity index is 1230. The maximum atomic E-state index is 13.0. The van der Waals surface area contributed by atoms with Crippen LogP contribution in [0.2, 0.25) is 0 Å². The molecule has 2 N–H and O–H groups in total. The van der Waals surface area contributed by atoms with Gasteiger partial charge in [0.2, 0.25) is 5.91 Å². The van der Waals surface area contributed by atoms with Crippen LogP contribution in [0.15, 0.2) is 42.5 Å². The number of aryl methyl sites for hydroxylation is 2. The van der Waals surface area contributed by atoms with Crippen LogP contribution in [-0.4, -0.2) is 44.1 Å². The fraction of sp³-hybridized carbons (Fsp3) is 0.360. The zero-order chi connectivity index (χ0) is 23.5. The van der Waals surface area contributed by atoms with Gasteiger partial charge in [0, 0.05) is 29.4 Å². The van der Waals surface area contributed by atoms with Gasteiger partial charge < -0.3 is 10.2 Å². The van der Waals surface area contributed by atoms with Crippen molar-refractivity contribution in [2.24, 2.45) is 0 Å². The summed E-state index contributed by atoms with van der Waals surface area (Å²) in [6.07, 6.45) is 3.26. The van der Waals surface area contributed by atoms with Crippen LogP contribution in [0.25, 0.3) is 11.4 Å². The van der Waals surface area contributed by atoms with Crippen LogP contribution in [0.3, 0.4) is 0 Å². The van der Waals surface area contributed by atoms with Crippen molar-refractivity contribution in [1.29, 1.82) is 0 Å². The van der Waals surface area contributed by atoms with Crippen LogP contribution >= 0.6 is 12.2 Å². The molecule has 4 rings (SSSR count). The highest BCUT2D eigenvalue weighted by Crippen LogP contribution is 2.23. The van der Waals surface area contributed by atoms with Gasteiger partial charge in [0.15, 0.2) is 10.6 Å². The minimum atomic E-state index is -0.215. The van der Waals surface area contributed by atoms with E-state index in [-0.39, 0.29) is 24.4 Å². The third-order valence-electron chi connectivity index (χ3n) is 6.18. The number of amides is 2. The number of aromatic nitrogens is 3. The molecule has 2 heterocycles. The molecule has 0 saturated carbocycles. The summed E-state index contributed by atoms with van der Waals surface area (Å²) in [5.74, 6) is 0.451. The Morgan fingerprint density at radius 3 is 2.61 bits per heavy atom. The summed E-state index contributed by atoms with van der Waals surface area (Å²) >= 11 is 5.35. The Morgan fingerprint density at radius 2 is 1.91 bits per heavy atom. The molecule has 172 valence electrons. The first-order valence-electron chi connectivity index (χ1n) is 11.3. The molecule has 1 fully saturated rings. The van der Waals surface area contributed by atoms with Crippen molar-refractivity contribution >= 4 is 29.7 Å². The lowest BCUT2D eigenvalue weighted by molar-refractivity contribution is -0.116. The lowest BCUT2D eigenvalue weighted by Gasteiger charge is -2.33. The van der Waals surface area contributed by atoms with Gasteiger partial charge in [-0.1, -0.05) is 29.8 Å². The monoisotopic (exact) mass is 463 g/mol. The lowest BCUT2D eigenvalue weighted by Crippen LogP contribution is -2.42. The molecule has 0 radical (unpaired) electrons. The number of H-pyrrole nitrogens is 1. The molecule has 1 aromatic heterocycles. The molecule has 1 atom stereocenters. The van der Waals surface area contributed by atoms with Crippen molar-refractivity contribution < 1.29 is 9.59 Å². The summed E-state index contributed by atoms with van der Waals surface area (Å²) in [4.78, 5) is 27.7. The van der Waals surface area contributed by atoms with Crippen molar-refractivity contribution in [3.8, 4) is 11.4 Å². The van der Waals surface area contributed by atoms with E-state index in [2.05, 4.69) is 22.4 Å². The molecular formula is C25H29N5O2S. The predicted molar refractivity (Wildman–Crippen MR) is 132 cm³/mol. The Hall–Kier alpha value is -3.26. The number of likely N-dealkylation sites (tertiary alicyclic amines) is 1. The summed E-state index contributed by atoms with van der Waals surface area (Å²) in [6, 6.07) is 13.6. The van der Waals surface area contributed by atoms with Crippen LogP contribution in [0.1, 0.15) is 47.7 Å². The molecule has 2 amide bonds. The van der Waals surface area contributed by atoms with Crippen LogP contribution in [0.5, 0.6) is 0 Å². The first-order valence-corrected chi connectivity index (χ1v) is 11.7. The van der Waals surface area contributed by atoms with Crippen LogP contribution in [-0.2, 0) is 11.3 Å². The number of anilines is 1. The Balaban J connectivity index is 1.47. The molecule has 0 bridgehead atoms. The molecule has 0 spiro atoms. The number of rotatable bonds is 5. The largest absolute Gasteiger partial charge is 0.336 e. The molecule has 7 nitrogen and oxygen atoms in total. The number of aromatic amines is 1. The standard InChI is InChI=1S/C25H29N5O2S/c1-16-7-9-19(10-8-16)23-27-28-25(33)30(23)15-22(31)26-21-12-11-20(14-17(21)2)24(32)29-13-5-4-6-18(29)3/h7-12,14,18H,4-6,13,15H2,1-3H3,(H,26,31)(H,28,33). The number of nitrogens with zero attached hydrogens (tertiary/aromatic N) is 3. The maximum Gasteiger partial charge on any atom is 0.254 e. The van der Waals surface area contributed by atoms with E-state index in [9.17, 15) is 9.59 Å². The normalized spacial score (nSPS) is 16.0. The molecule has 1 saturated heterocycles. The van der Waals surface area contributed by atoms with E-state index in [0.717, 1.165) is 36.1 Å². The summed E-state index contributed by atoms with van der Waals surface area (Å²) in [6.45, 7) is 6.84. The number of carbonyl (C=O) groups excluding carboxylic acids is 2. The third kappa shape index (κ3) is 5.06. The zero-order valence-corrected chi connectivity index (χ0v) is 20.0. The minimum absolute atomic E-state index is 0.0317. The second-order valence-electron chi connectivity index (χ2n) is 8.73. The van der Waals surface area contributed by atoms with Gasteiger partial charge in [-0.25, -0.2) is 0 Å². The third-order valence-corrected chi connectivity index (χ3v) is 6.49. The number of hydrogen-bond donors (Lipinski definition) is 2. The molecule has 2 aromatic carbocycles. The molecule has 0 aliphatic carbocycles. The molecule has 1 unspecified atom stereocenters. The topological polar surface area (TPSA) is 83.0 Å². The fourth-order valence-corrected chi connectivity index (χ4v) is 4.42. The van der Waals surface area contributed by atoms with E-state index in [1.165, 1.54) is 6.42 Å². The van der Waals surface area contributed by atoms with E-state index in [0.29, 0.717) is 21.8 Å². The van der Waals surface area contributed by atoms with Crippen molar-refractivity contribution in [1.82, 2.24) is 19.7 Å².